The summed E-state index contributed by atoms with van der Waals surface area (Å²) in [7, 11) is -3.35. The third-order valence-electron chi connectivity index (χ3n) is 2.91. The van der Waals surface area contributed by atoms with Crippen LogP contribution in [0.1, 0.15) is 24.3 Å². The molecule has 0 radical (unpaired) electrons. The highest BCUT2D eigenvalue weighted by Gasteiger charge is 2.18. The largest absolute Gasteiger partial charge is 0.381 e. The van der Waals surface area contributed by atoms with E-state index in [0.717, 1.165) is 31.6 Å². The first-order valence-corrected chi connectivity index (χ1v) is 6.98. The summed E-state index contributed by atoms with van der Waals surface area (Å²) >= 11 is 0. The third-order valence-corrected chi connectivity index (χ3v) is 3.88. The summed E-state index contributed by atoms with van der Waals surface area (Å²) in [6.45, 7) is 1.51. The van der Waals surface area contributed by atoms with E-state index in [2.05, 4.69) is 5.14 Å². The minimum absolute atomic E-state index is 0.302. The van der Waals surface area contributed by atoms with E-state index in [1.807, 2.05) is 6.07 Å². The zero-order valence-electron chi connectivity index (χ0n) is 9.06. The molecule has 0 amide bonds. The molecule has 0 bridgehead atoms. The zero-order chi connectivity index (χ0) is 11.6. The lowest BCUT2D eigenvalue weighted by molar-refractivity contribution is -0.164. The van der Waals surface area contributed by atoms with Gasteiger partial charge in [0.25, 0.3) is 0 Å². The molecule has 0 atom stereocenters. The Labute approximate surface area is 95.5 Å². The van der Waals surface area contributed by atoms with Crippen molar-refractivity contribution in [1.82, 2.24) is 0 Å². The van der Waals surface area contributed by atoms with Crippen LogP contribution in [0.25, 0.3) is 0 Å². The molecule has 1 aliphatic rings. The summed E-state index contributed by atoms with van der Waals surface area (Å²) in [5.74, 6) is 0.412. The lowest BCUT2D eigenvalue weighted by Gasteiger charge is -2.22. The second-order valence-electron chi connectivity index (χ2n) is 4.07. The highest BCUT2D eigenvalue weighted by Crippen LogP contribution is 2.27. The van der Waals surface area contributed by atoms with Crippen LogP contribution in [0.15, 0.2) is 29.2 Å². The number of quaternary nitrogens is 1. The van der Waals surface area contributed by atoms with Gasteiger partial charge in [0, 0.05) is 13.2 Å². The molecule has 16 heavy (non-hydrogen) atoms. The Morgan fingerprint density at radius 1 is 1.25 bits per heavy atom. The van der Waals surface area contributed by atoms with Crippen LogP contribution in [0.3, 0.4) is 0 Å². The van der Waals surface area contributed by atoms with Gasteiger partial charge < -0.3 is 4.74 Å². The zero-order valence-corrected chi connectivity index (χ0v) is 9.87. The maximum Gasteiger partial charge on any atom is 0.322 e. The molecule has 0 spiro atoms. The van der Waals surface area contributed by atoms with Gasteiger partial charge in [0.2, 0.25) is 0 Å². The smallest absolute Gasteiger partial charge is 0.322 e. The van der Waals surface area contributed by atoms with Crippen molar-refractivity contribution in [3.8, 4) is 0 Å². The molecule has 2 rings (SSSR count). The van der Waals surface area contributed by atoms with E-state index in [-0.39, 0.29) is 0 Å². The van der Waals surface area contributed by atoms with Crippen molar-refractivity contribution >= 4 is 10.0 Å². The number of hydrogen-bond donors (Lipinski definition) is 1. The van der Waals surface area contributed by atoms with Gasteiger partial charge in [0.15, 0.2) is 0 Å². The van der Waals surface area contributed by atoms with Gasteiger partial charge in [0.05, 0.1) is 0 Å². The topological polar surface area (TPSA) is 71.0 Å². The van der Waals surface area contributed by atoms with Gasteiger partial charge in [0.1, 0.15) is 4.90 Å². The van der Waals surface area contributed by atoms with Gasteiger partial charge in [-0.05, 0) is 36.5 Å². The highest BCUT2D eigenvalue weighted by molar-refractivity contribution is 7.84. The summed E-state index contributed by atoms with van der Waals surface area (Å²) in [4.78, 5) is 0.302. The number of benzene rings is 1. The van der Waals surface area contributed by atoms with Crippen molar-refractivity contribution in [2.24, 2.45) is 0 Å². The van der Waals surface area contributed by atoms with E-state index < -0.39 is 10.0 Å². The lowest BCUT2D eigenvalue weighted by atomic mass is 9.92. The molecular weight excluding hydrogens is 226 g/mol. The van der Waals surface area contributed by atoms with E-state index in [9.17, 15) is 8.42 Å². The average molecular weight is 242 g/mol. The minimum Gasteiger partial charge on any atom is -0.381 e. The van der Waals surface area contributed by atoms with Gasteiger partial charge >= 0.3 is 10.0 Å². The highest BCUT2D eigenvalue weighted by atomic mass is 32.2. The molecule has 88 valence electrons. The second-order valence-corrected chi connectivity index (χ2v) is 5.77. The van der Waals surface area contributed by atoms with Crippen LogP contribution in [0.4, 0.5) is 0 Å². The molecule has 1 saturated heterocycles. The van der Waals surface area contributed by atoms with Crippen LogP contribution in [-0.4, -0.2) is 21.6 Å². The Kier molecular flexibility index (Phi) is 3.28. The van der Waals surface area contributed by atoms with Crippen molar-refractivity contribution in [3.05, 3.63) is 29.8 Å². The molecule has 1 heterocycles. The van der Waals surface area contributed by atoms with Crippen molar-refractivity contribution in [1.29, 1.82) is 0 Å². The Balaban J connectivity index is 2.28. The SMILES string of the molecule is [NH3+]S(=O)(=O)c1cccc(C2CCOCC2)c1. The van der Waals surface area contributed by atoms with Gasteiger partial charge in [-0.3, -0.25) is 0 Å². The fourth-order valence-corrected chi connectivity index (χ4v) is 2.59. The molecule has 3 N–H and O–H groups in total. The van der Waals surface area contributed by atoms with Crippen LogP contribution in [-0.2, 0) is 14.8 Å². The van der Waals surface area contributed by atoms with Crippen molar-refractivity contribution in [3.63, 3.8) is 0 Å². The third kappa shape index (κ3) is 2.61. The molecule has 0 aliphatic carbocycles. The second kappa shape index (κ2) is 4.53. The summed E-state index contributed by atoms with van der Waals surface area (Å²) in [5.41, 5.74) is 1.08. The Morgan fingerprint density at radius 2 is 1.94 bits per heavy atom. The summed E-state index contributed by atoms with van der Waals surface area (Å²) in [6, 6.07) is 7.08. The first-order chi connectivity index (χ1) is 7.57. The number of hydrogen-bond acceptors (Lipinski definition) is 3. The fourth-order valence-electron chi connectivity index (χ4n) is 1.99. The van der Waals surface area contributed by atoms with E-state index in [1.165, 1.54) is 0 Å². The molecule has 1 aromatic carbocycles. The Hall–Kier alpha value is -0.910. The van der Waals surface area contributed by atoms with Crippen LogP contribution >= 0.6 is 0 Å². The molecule has 1 aliphatic heterocycles. The maximum atomic E-state index is 11.3. The fraction of sp³-hybridized carbons (Fsp3) is 0.455. The number of ether oxygens (including phenoxy) is 1. The van der Waals surface area contributed by atoms with Crippen LogP contribution in [0.2, 0.25) is 0 Å². The normalized spacial score (nSPS) is 18.6. The van der Waals surface area contributed by atoms with Crippen molar-refractivity contribution in [2.75, 3.05) is 13.2 Å². The van der Waals surface area contributed by atoms with E-state index in [0.29, 0.717) is 10.8 Å². The summed E-state index contributed by atoms with van der Waals surface area (Å²) in [6.07, 6.45) is 1.92. The van der Waals surface area contributed by atoms with E-state index >= 15 is 0 Å². The van der Waals surface area contributed by atoms with Gasteiger partial charge in [-0.1, -0.05) is 12.1 Å². The quantitative estimate of drug-likeness (QED) is 0.821. The Bertz CT molecular complexity index is 464. The van der Waals surface area contributed by atoms with Crippen LogP contribution < -0.4 is 5.14 Å². The standard InChI is InChI=1S/C11H15NO3S/c12-16(13,14)11-3-1-2-10(8-11)9-4-6-15-7-5-9/h1-3,8-9H,4-7H2,(H2,12,13,14)/p+1. The molecular formula is C11H16NO3S+. The molecule has 0 unspecified atom stereocenters. The first kappa shape index (κ1) is 11.6. The molecule has 0 saturated carbocycles. The molecule has 4 nitrogen and oxygen atoms in total. The van der Waals surface area contributed by atoms with E-state index in [4.69, 9.17) is 4.74 Å². The lowest BCUT2D eigenvalue weighted by Crippen LogP contribution is -2.56. The average Bonchev–Trinajstić information content (AvgIpc) is 2.29. The monoisotopic (exact) mass is 242 g/mol. The van der Waals surface area contributed by atoms with Gasteiger partial charge in [-0.25, -0.2) is 5.14 Å². The van der Waals surface area contributed by atoms with Crippen molar-refractivity contribution in [2.45, 2.75) is 23.7 Å². The van der Waals surface area contributed by atoms with Crippen LogP contribution in [0, 0.1) is 0 Å². The molecule has 1 aromatic rings. The summed E-state index contributed by atoms with van der Waals surface area (Å²) < 4.78 is 28.0. The number of sulfonamides is 1. The number of rotatable bonds is 2. The first-order valence-electron chi connectivity index (χ1n) is 5.33. The summed E-state index contributed by atoms with van der Waals surface area (Å²) in [5, 5.41) is 3.17. The molecule has 5 heteroatoms. The van der Waals surface area contributed by atoms with Gasteiger partial charge in [-0.2, -0.15) is 8.42 Å². The van der Waals surface area contributed by atoms with Crippen molar-refractivity contribution < 1.29 is 18.3 Å². The van der Waals surface area contributed by atoms with Crippen LogP contribution in [0.5, 0.6) is 0 Å². The molecule has 0 aromatic heterocycles. The predicted molar refractivity (Wildman–Crippen MR) is 59.3 cm³/mol. The maximum absolute atomic E-state index is 11.3. The predicted octanol–water partition coefficient (Wildman–Crippen LogP) is 0.511. The van der Waals surface area contributed by atoms with Gasteiger partial charge in [-0.15, -0.1) is 0 Å². The Morgan fingerprint density at radius 3 is 2.56 bits per heavy atom. The molecule has 1 fully saturated rings. The van der Waals surface area contributed by atoms with E-state index in [1.54, 1.807) is 18.2 Å². The minimum atomic E-state index is -3.35.